The van der Waals surface area contributed by atoms with Crippen molar-refractivity contribution in [1.29, 1.82) is 0 Å². The van der Waals surface area contributed by atoms with Crippen LogP contribution >= 0.6 is 0 Å². The summed E-state index contributed by atoms with van der Waals surface area (Å²) in [6, 6.07) is 0. The second-order valence-corrected chi connectivity index (χ2v) is 8.34. The van der Waals surface area contributed by atoms with Gasteiger partial charge in [-0.2, -0.15) is 0 Å². The van der Waals surface area contributed by atoms with Crippen LogP contribution in [0.2, 0.25) is 0 Å². The normalized spacial score (nSPS) is 48.0. The maximum atomic E-state index is 11.0. The maximum Gasteiger partial charge on any atom is 0.123 e. The highest BCUT2D eigenvalue weighted by molar-refractivity contribution is 5.53. The van der Waals surface area contributed by atoms with Crippen molar-refractivity contribution in [3.63, 3.8) is 0 Å². The van der Waals surface area contributed by atoms with Gasteiger partial charge < -0.3 is 0 Å². The second-order valence-electron chi connectivity index (χ2n) is 8.34. The first kappa shape index (κ1) is 13.6. The molecule has 0 N–H and O–H groups in total. The molecule has 0 aromatic carbocycles. The first-order valence-electron chi connectivity index (χ1n) is 8.69. The van der Waals surface area contributed by atoms with Crippen molar-refractivity contribution in [2.45, 2.75) is 58.8 Å². The Labute approximate surface area is 128 Å². The van der Waals surface area contributed by atoms with Gasteiger partial charge in [-0.05, 0) is 68.1 Å². The van der Waals surface area contributed by atoms with Gasteiger partial charge in [0.1, 0.15) is 5.94 Å². The van der Waals surface area contributed by atoms with Crippen molar-refractivity contribution in [1.82, 2.24) is 0 Å². The lowest BCUT2D eigenvalue weighted by Gasteiger charge is -2.58. The molecule has 5 atom stereocenters. The van der Waals surface area contributed by atoms with Crippen LogP contribution in [0.1, 0.15) is 58.8 Å². The first-order chi connectivity index (χ1) is 10.1. The summed E-state index contributed by atoms with van der Waals surface area (Å²) in [5.41, 5.74) is 3.58. The number of hydrogen-bond donors (Lipinski definition) is 0. The van der Waals surface area contributed by atoms with E-state index >= 15 is 0 Å². The Hall–Kier alpha value is -1.07. The highest BCUT2D eigenvalue weighted by atomic mass is 16.1. The van der Waals surface area contributed by atoms with Crippen LogP contribution < -0.4 is 0 Å². The van der Waals surface area contributed by atoms with Gasteiger partial charge in [-0.15, -0.1) is 0 Å². The highest BCUT2D eigenvalue weighted by Crippen LogP contribution is 2.64. The fourth-order valence-corrected chi connectivity index (χ4v) is 6.10. The van der Waals surface area contributed by atoms with E-state index in [4.69, 9.17) is 0 Å². The molecular weight excluding hydrogens is 256 g/mol. The van der Waals surface area contributed by atoms with E-state index in [1.165, 1.54) is 32.1 Å². The summed E-state index contributed by atoms with van der Waals surface area (Å²) >= 11 is 0. The summed E-state index contributed by atoms with van der Waals surface area (Å²) in [5, 5.41) is 0. The largest absolute Gasteiger partial charge is 0.234 e. The van der Waals surface area contributed by atoms with Crippen LogP contribution in [0.5, 0.6) is 0 Å². The fraction of sp³-hybridized carbons (Fsp3) is 0.700. The zero-order valence-corrected chi connectivity index (χ0v) is 13.3. The molecule has 4 aliphatic rings. The quantitative estimate of drug-likeness (QED) is 0.579. The lowest BCUT2D eigenvalue weighted by molar-refractivity contribution is -0.0361. The van der Waals surface area contributed by atoms with Gasteiger partial charge in [-0.1, -0.05) is 37.6 Å². The predicted molar refractivity (Wildman–Crippen MR) is 85.4 cm³/mol. The predicted octanol–water partition coefficient (Wildman–Crippen LogP) is 4.87. The third-order valence-corrected chi connectivity index (χ3v) is 7.47. The third kappa shape index (κ3) is 1.80. The first-order valence-corrected chi connectivity index (χ1v) is 8.69. The number of fused-ring (bicyclic) bond motifs is 5. The van der Waals surface area contributed by atoms with Gasteiger partial charge in [0, 0.05) is 11.0 Å². The zero-order valence-electron chi connectivity index (χ0n) is 13.3. The summed E-state index contributed by atoms with van der Waals surface area (Å²) in [4.78, 5) is 11.0. The molecule has 1 nitrogen and oxygen atoms in total. The van der Waals surface area contributed by atoms with E-state index in [1.807, 2.05) is 0 Å². The summed E-state index contributed by atoms with van der Waals surface area (Å²) in [5.74, 6) is 4.57. The average molecular weight is 282 g/mol. The van der Waals surface area contributed by atoms with Gasteiger partial charge in [0.2, 0.25) is 0 Å². The van der Waals surface area contributed by atoms with Crippen molar-refractivity contribution >= 4 is 5.94 Å². The van der Waals surface area contributed by atoms with Crippen LogP contribution in [-0.2, 0) is 4.79 Å². The van der Waals surface area contributed by atoms with Gasteiger partial charge in [0.05, 0.1) is 0 Å². The molecule has 4 rings (SSSR count). The molecule has 4 aliphatic carbocycles. The van der Waals surface area contributed by atoms with E-state index in [9.17, 15) is 4.79 Å². The maximum absolute atomic E-state index is 11.0. The highest BCUT2D eigenvalue weighted by Gasteiger charge is 2.54. The lowest BCUT2D eigenvalue weighted by atomic mass is 9.46. The van der Waals surface area contributed by atoms with Gasteiger partial charge >= 0.3 is 0 Å². The van der Waals surface area contributed by atoms with Crippen LogP contribution in [0.25, 0.3) is 0 Å². The van der Waals surface area contributed by atoms with Gasteiger partial charge in [0.15, 0.2) is 0 Å². The van der Waals surface area contributed by atoms with Crippen molar-refractivity contribution < 1.29 is 4.79 Å². The lowest BCUT2D eigenvalue weighted by Crippen LogP contribution is -2.49. The molecule has 21 heavy (non-hydrogen) atoms. The summed E-state index contributed by atoms with van der Waals surface area (Å²) in [7, 11) is 0. The number of rotatable bonds is 0. The van der Waals surface area contributed by atoms with Crippen LogP contribution in [0.15, 0.2) is 29.4 Å². The minimum atomic E-state index is 0.354. The molecule has 0 radical (unpaired) electrons. The molecule has 112 valence electrons. The standard InChI is InChI=1S/C20H26O/c1-19-9-3-4-17(19)16-6-5-15-12-14(13-21)7-11-20(15,2)18(16)8-10-19/h3-4,9,15-16,18H,5-8,10-12H2,1-2H3/t15?,16-,18-,19-,20-/m0/s1. The molecule has 1 unspecified atom stereocenters. The van der Waals surface area contributed by atoms with E-state index in [0.717, 1.165) is 36.2 Å². The average Bonchev–Trinajstić information content (AvgIpc) is 2.88. The number of carbonyl (C=O) groups excluding carboxylic acids is 1. The van der Waals surface area contributed by atoms with Crippen LogP contribution in [-0.4, -0.2) is 5.94 Å². The Balaban J connectivity index is 1.67. The summed E-state index contributed by atoms with van der Waals surface area (Å²) in [6.45, 7) is 4.96. The van der Waals surface area contributed by atoms with Crippen molar-refractivity contribution in [2.24, 2.45) is 28.6 Å². The minimum Gasteiger partial charge on any atom is -0.234 e. The monoisotopic (exact) mass is 282 g/mol. The van der Waals surface area contributed by atoms with Crippen molar-refractivity contribution in [3.8, 4) is 0 Å². The Morgan fingerprint density at radius 2 is 2.05 bits per heavy atom. The van der Waals surface area contributed by atoms with Gasteiger partial charge in [-0.25, -0.2) is 4.79 Å². The van der Waals surface area contributed by atoms with E-state index in [-0.39, 0.29) is 0 Å². The minimum absolute atomic E-state index is 0.354. The van der Waals surface area contributed by atoms with E-state index in [1.54, 1.807) is 5.57 Å². The molecular formula is C20H26O. The molecule has 1 heteroatoms. The van der Waals surface area contributed by atoms with Gasteiger partial charge in [0.25, 0.3) is 0 Å². The summed E-state index contributed by atoms with van der Waals surface area (Å²) in [6.07, 6.45) is 15.7. The molecule has 0 spiro atoms. The molecule has 3 fully saturated rings. The Kier molecular flexibility index (Phi) is 2.89. The number of hydrogen-bond acceptors (Lipinski definition) is 1. The molecule has 0 aromatic heterocycles. The smallest absolute Gasteiger partial charge is 0.123 e. The molecule has 3 saturated carbocycles. The molecule has 0 bridgehead atoms. The Bertz CT molecular complexity index is 577. The van der Waals surface area contributed by atoms with E-state index in [2.05, 4.69) is 38.0 Å². The second kappa shape index (κ2) is 4.46. The van der Waals surface area contributed by atoms with E-state index < -0.39 is 0 Å². The fourth-order valence-electron chi connectivity index (χ4n) is 6.10. The van der Waals surface area contributed by atoms with Crippen LogP contribution in [0.4, 0.5) is 0 Å². The zero-order chi connectivity index (χ0) is 14.7. The van der Waals surface area contributed by atoms with Crippen LogP contribution in [0.3, 0.4) is 0 Å². The van der Waals surface area contributed by atoms with Gasteiger partial charge in [-0.3, -0.25) is 0 Å². The third-order valence-electron chi connectivity index (χ3n) is 7.47. The van der Waals surface area contributed by atoms with Crippen molar-refractivity contribution in [2.75, 3.05) is 0 Å². The summed E-state index contributed by atoms with van der Waals surface area (Å²) < 4.78 is 0. The Morgan fingerprint density at radius 1 is 1.19 bits per heavy atom. The molecule has 0 amide bonds. The molecule has 0 aliphatic heterocycles. The topological polar surface area (TPSA) is 17.1 Å². The SMILES string of the molecule is C[C@@]12C=CC=C1[C@@H]1CCC3CC(=C=O)CC[C@]3(C)[C@H]1CC2. The van der Waals surface area contributed by atoms with Crippen LogP contribution in [0, 0.1) is 28.6 Å². The molecule has 0 aromatic rings. The Morgan fingerprint density at radius 3 is 2.86 bits per heavy atom. The molecule has 0 saturated heterocycles. The number of allylic oxidation sites excluding steroid dienone is 5. The van der Waals surface area contributed by atoms with E-state index in [0.29, 0.717) is 10.8 Å². The van der Waals surface area contributed by atoms with Crippen molar-refractivity contribution in [3.05, 3.63) is 29.4 Å². The molecule has 0 heterocycles.